The van der Waals surface area contributed by atoms with Crippen LogP contribution in [0.2, 0.25) is 0 Å². The predicted molar refractivity (Wildman–Crippen MR) is 61.0 cm³/mol. The van der Waals surface area contributed by atoms with Gasteiger partial charge < -0.3 is 10.5 Å². The molecule has 0 bridgehead atoms. The second kappa shape index (κ2) is 4.14. The first-order valence-corrected chi connectivity index (χ1v) is 5.35. The standard InChI is InChI=1S/C12H16N2O2/c1-16-10-5-3-2-4-9(10)8-14-12(6-7-12)11(13)15/h2-5,14H,6-8H2,1H3,(H2,13,15). The molecule has 0 heterocycles. The average molecular weight is 220 g/mol. The van der Waals surface area contributed by atoms with Crippen LogP contribution in [-0.4, -0.2) is 18.6 Å². The second-order valence-corrected chi connectivity index (χ2v) is 4.11. The van der Waals surface area contributed by atoms with Gasteiger partial charge in [0.25, 0.3) is 0 Å². The summed E-state index contributed by atoms with van der Waals surface area (Å²) in [7, 11) is 1.64. The van der Waals surface area contributed by atoms with Gasteiger partial charge in [0.2, 0.25) is 5.91 Å². The molecule has 0 unspecified atom stereocenters. The quantitative estimate of drug-likeness (QED) is 0.771. The Morgan fingerprint density at radius 1 is 1.50 bits per heavy atom. The van der Waals surface area contributed by atoms with E-state index in [-0.39, 0.29) is 5.91 Å². The van der Waals surface area contributed by atoms with Gasteiger partial charge in [-0.05, 0) is 18.9 Å². The Hall–Kier alpha value is -1.55. The highest BCUT2D eigenvalue weighted by Crippen LogP contribution is 2.35. The minimum atomic E-state index is -0.471. The van der Waals surface area contributed by atoms with Crippen LogP contribution in [0.25, 0.3) is 0 Å². The number of rotatable bonds is 5. The monoisotopic (exact) mass is 220 g/mol. The molecule has 0 radical (unpaired) electrons. The van der Waals surface area contributed by atoms with Gasteiger partial charge in [0, 0.05) is 12.1 Å². The Balaban J connectivity index is 2.02. The summed E-state index contributed by atoms with van der Waals surface area (Å²) in [6, 6.07) is 7.75. The van der Waals surface area contributed by atoms with Crippen LogP contribution in [0.15, 0.2) is 24.3 Å². The van der Waals surface area contributed by atoms with Crippen molar-refractivity contribution in [2.75, 3.05) is 7.11 Å². The van der Waals surface area contributed by atoms with E-state index < -0.39 is 5.54 Å². The molecule has 4 heteroatoms. The summed E-state index contributed by atoms with van der Waals surface area (Å²) in [5.74, 6) is 0.567. The van der Waals surface area contributed by atoms with Crippen molar-refractivity contribution < 1.29 is 9.53 Å². The van der Waals surface area contributed by atoms with Crippen LogP contribution < -0.4 is 15.8 Å². The van der Waals surface area contributed by atoms with Gasteiger partial charge in [0.1, 0.15) is 5.75 Å². The lowest BCUT2D eigenvalue weighted by atomic mass is 10.1. The smallest absolute Gasteiger partial charge is 0.237 e. The van der Waals surface area contributed by atoms with Crippen LogP contribution >= 0.6 is 0 Å². The minimum absolute atomic E-state index is 0.262. The zero-order valence-corrected chi connectivity index (χ0v) is 9.32. The fourth-order valence-corrected chi connectivity index (χ4v) is 1.75. The number of benzene rings is 1. The number of nitrogens with one attached hydrogen (secondary N) is 1. The Labute approximate surface area is 94.8 Å². The first kappa shape index (κ1) is 11.0. The van der Waals surface area contributed by atoms with Gasteiger partial charge in [-0.1, -0.05) is 18.2 Å². The third kappa shape index (κ3) is 2.02. The molecular formula is C12H16N2O2. The van der Waals surface area contributed by atoms with Crippen LogP contribution in [0.3, 0.4) is 0 Å². The number of methoxy groups -OCH3 is 1. The number of para-hydroxylation sites is 1. The van der Waals surface area contributed by atoms with Gasteiger partial charge in [0.05, 0.1) is 12.6 Å². The highest BCUT2D eigenvalue weighted by molar-refractivity contribution is 5.87. The van der Waals surface area contributed by atoms with Crippen molar-refractivity contribution in [3.63, 3.8) is 0 Å². The molecule has 1 aromatic carbocycles. The first-order chi connectivity index (χ1) is 7.68. The number of hydrogen-bond acceptors (Lipinski definition) is 3. The van der Waals surface area contributed by atoms with E-state index in [1.165, 1.54) is 0 Å². The van der Waals surface area contributed by atoms with E-state index in [2.05, 4.69) is 5.32 Å². The lowest BCUT2D eigenvalue weighted by Gasteiger charge is -2.14. The summed E-state index contributed by atoms with van der Waals surface area (Å²) in [4.78, 5) is 11.2. The van der Waals surface area contributed by atoms with Gasteiger partial charge in [-0.2, -0.15) is 0 Å². The molecule has 1 amide bonds. The molecular weight excluding hydrogens is 204 g/mol. The Bertz CT molecular complexity index is 400. The topological polar surface area (TPSA) is 64.3 Å². The van der Waals surface area contributed by atoms with E-state index >= 15 is 0 Å². The molecule has 1 aliphatic rings. The van der Waals surface area contributed by atoms with E-state index in [1.807, 2.05) is 24.3 Å². The fraction of sp³-hybridized carbons (Fsp3) is 0.417. The van der Waals surface area contributed by atoms with Gasteiger partial charge in [-0.25, -0.2) is 0 Å². The molecule has 0 aliphatic heterocycles. The van der Waals surface area contributed by atoms with Crippen molar-refractivity contribution in [1.82, 2.24) is 5.32 Å². The van der Waals surface area contributed by atoms with Gasteiger partial charge in [0.15, 0.2) is 0 Å². The van der Waals surface area contributed by atoms with Crippen molar-refractivity contribution >= 4 is 5.91 Å². The molecule has 1 saturated carbocycles. The zero-order valence-electron chi connectivity index (χ0n) is 9.32. The number of primary amides is 1. The molecule has 1 aliphatic carbocycles. The number of carbonyl (C=O) groups excluding carboxylic acids is 1. The van der Waals surface area contributed by atoms with E-state index in [1.54, 1.807) is 7.11 Å². The maximum atomic E-state index is 11.2. The van der Waals surface area contributed by atoms with Crippen molar-refractivity contribution in [3.8, 4) is 5.75 Å². The molecule has 0 atom stereocenters. The number of ether oxygens (including phenoxy) is 1. The number of carbonyl (C=O) groups is 1. The van der Waals surface area contributed by atoms with Crippen molar-refractivity contribution in [3.05, 3.63) is 29.8 Å². The Morgan fingerprint density at radius 3 is 2.75 bits per heavy atom. The van der Waals surface area contributed by atoms with E-state index in [9.17, 15) is 4.79 Å². The second-order valence-electron chi connectivity index (χ2n) is 4.11. The van der Waals surface area contributed by atoms with Gasteiger partial charge in [-0.15, -0.1) is 0 Å². The summed E-state index contributed by atoms with van der Waals surface area (Å²) in [5.41, 5.74) is 5.90. The molecule has 16 heavy (non-hydrogen) atoms. The van der Waals surface area contributed by atoms with E-state index in [0.29, 0.717) is 6.54 Å². The summed E-state index contributed by atoms with van der Waals surface area (Å²) >= 11 is 0. The lowest BCUT2D eigenvalue weighted by molar-refractivity contribution is -0.121. The SMILES string of the molecule is COc1ccccc1CNC1(C(N)=O)CC1. The van der Waals surface area contributed by atoms with Crippen LogP contribution in [0.5, 0.6) is 5.75 Å². The normalized spacial score (nSPS) is 16.8. The van der Waals surface area contributed by atoms with Crippen molar-refractivity contribution in [2.45, 2.75) is 24.9 Å². The van der Waals surface area contributed by atoms with Crippen molar-refractivity contribution in [2.24, 2.45) is 5.73 Å². The molecule has 2 rings (SSSR count). The fourth-order valence-electron chi connectivity index (χ4n) is 1.75. The summed E-state index contributed by atoms with van der Waals surface area (Å²) in [6.07, 6.45) is 1.66. The minimum Gasteiger partial charge on any atom is -0.496 e. The Kier molecular flexibility index (Phi) is 2.83. The lowest BCUT2D eigenvalue weighted by Crippen LogP contribution is -2.43. The summed E-state index contributed by atoms with van der Waals surface area (Å²) < 4.78 is 5.24. The third-order valence-electron chi connectivity index (χ3n) is 3.03. The highest BCUT2D eigenvalue weighted by atomic mass is 16.5. The van der Waals surface area contributed by atoms with Crippen LogP contribution in [-0.2, 0) is 11.3 Å². The van der Waals surface area contributed by atoms with Crippen molar-refractivity contribution in [1.29, 1.82) is 0 Å². The maximum Gasteiger partial charge on any atom is 0.237 e. The van der Waals surface area contributed by atoms with Gasteiger partial charge in [-0.3, -0.25) is 10.1 Å². The summed E-state index contributed by atoms with van der Waals surface area (Å²) in [6.45, 7) is 0.604. The van der Waals surface area contributed by atoms with Gasteiger partial charge >= 0.3 is 0 Å². The zero-order chi connectivity index (χ0) is 11.6. The number of hydrogen-bond donors (Lipinski definition) is 2. The number of amides is 1. The molecule has 0 saturated heterocycles. The molecule has 1 fully saturated rings. The van der Waals surface area contributed by atoms with E-state index in [0.717, 1.165) is 24.2 Å². The molecule has 0 spiro atoms. The molecule has 86 valence electrons. The maximum absolute atomic E-state index is 11.2. The highest BCUT2D eigenvalue weighted by Gasteiger charge is 2.48. The van der Waals surface area contributed by atoms with Crippen LogP contribution in [0.1, 0.15) is 18.4 Å². The molecule has 4 nitrogen and oxygen atoms in total. The molecule has 1 aromatic rings. The van der Waals surface area contributed by atoms with Crippen LogP contribution in [0, 0.1) is 0 Å². The third-order valence-corrected chi connectivity index (χ3v) is 3.03. The predicted octanol–water partition coefficient (Wildman–Crippen LogP) is 0.803. The average Bonchev–Trinajstić information content (AvgIpc) is 3.08. The Morgan fingerprint density at radius 2 is 2.19 bits per heavy atom. The molecule has 3 N–H and O–H groups in total. The number of nitrogens with two attached hydrogens (primary N) is 1. The molecule has 0 aromatic heterocycles. The first-order valence-electron chi connectivity index (χ1n) is 5.35. The largest absolute Gasteiger partial charge is 0.496 e. The summed E-state index contributed by atoms with van der Waals surface area (Å²) in [5, 5.41) is 3.21. The van der Waals surface area contributed by atoms with Crippen LogP contribution in [0.4, 0.5) is 0 Å². The van der Waals surface area contributed by atoms with E-state index in [4.69, 9.17) is 10.5 Å².